The molecule has 1 heterocycles. The number of carbonyl (C=O) groups is 2. The van der Waals surface area contributed by atoms with Crippen LogP contribution in [0.15, 0.2) is 24.3 Å². The van der Waals surface area contributed by atoms with E-state index in [4.69, 9.17) is 9.47 Å². The number of ether oxygens (including phenoxy) is 2. The van der Waals surface area contributed by atoms with Gasteiger partial charge in [0.05, 0.1) is 23.8 Å². The molecule has 1 aliphatic carbocycles. The minimum Gasteiger partial charge on any atom is -0.494 e. The Kier molecular flexibility index (Phi) is 6.82. The third-order valence-electron chi connectivity index (χ3n) is 4.70. The molecule has 9 heteroatoms. The molecule has 1 amide bonds. The Morgan fingerprint density at radius 2 is 1.93 bits per heavy atom. The number of benzene rings is 1. The molecule has 0 saturated carbocycles. The van der Waals surface area contributed by atoms with Crippen molar-refractivity contribution in [2.45, 2.75) is 38.5 Å². The summed E-state index contributed by atoms with van der Waals surface area (Å²) in [5.74, 6) is -0.926. The number of amides is 1. The van der Waals surface area contributed by atoms with Crippen LogP contribution in [-0.2, 0) is 22.4 Å². The van der Waals surface area contributed by atoms with Gasteiger partial charge in [0.25, 0.3) is 11.6 Å². The first-order chi connectivity index (χ1) is 14.0. The molecule has 29 heavy (non-hydrogen) atoms. The Hall–Kier alpha value is -2.94. The fourth-order valence-electron chi connectivity index (χ4n) is 3.23. The zero-order valence-corrected chi connectivity index (χ0v) is 16.9. The number of nitrogens with one attached hydrogen (secondary N) is 1. The fraction of sp³-hybridized carbons (Fsp3) is 0.400. The highest BCUT2D eigenvalue weighted by Crippen LogP contribution is 2.30. The minimum atomic E-state index is -0.555. The number of anilines is 1. The van der Waals surface area contributed by atoms with Crippen molar-refractivity contribution in [2.75, 3.05) is 19.0 Å². The Labute approximate surface area is 172 Å². The minimum absolute atomic E-state index is 0.150. The second-order valence-electron chi connectivity index (χ2n) is 6.74. The van der Waals surface area contributed by atoms with E-state index in [0.29, 0.717) is 4.88 Å². The number of hydrogen-bond acceptors (Lipinski definition) is 7. The summed E-state index contributed by atoms with van der Waals surface area (Å²) in [7, 11) is 1.35. The van der Waals surface area contributed by atoms with Crippen LogP contribution in [0.5, 0.6) is 5.75 Å². The largest absolute Gasteiger partial charge is 0.494 e. The molecule has 0 radical (unpaired) electrons. The van der Waals surface area contributed by atoms with Gasteiger partial charge in [0.15, 0.2) is 6.61 Å². The Morgan fingerprint density at radius 3 is 2.66 bits per heavy atom. The van der Waals surface area contributed by atoms with Crippen molar-refractivity contribution in [3.8, 4) is 5.75 Å². The lowest BCUT2D eigenvalue weighted by Crippen LogP contribution is -2.21. The van der Waals surface area contributed by atoms with Crippen molar-refractivity contribution in [2.24, 2.45) is 0 Å². The monoisotopic (exact) mass is 418 g/mol. The second-order valence-corrected chi connectivity index (χ2v) is 7.88. The van der Waals surface area contributed by atoms with Gasteiger partial charge in [-0.25, -0.2) is 4.79 Å². The second kappa shape index (κ2) is 9.51. The van der Waals surface area contributed by atoms with E-state index in [1.54, 1.807) is 0 Å². The molecule has 1 aromatic carbocycles. The molecule has 1 N–H and O–H groups in total. The molecule has 0 aliphatic heterocycles. The molecule has 0 unspecified atom stereocenters. The Balaban J connectivity index is 1.59. The lowest BCUT2D eigenvalue weighted by atomic mass is 10.00. The quantitative estimate of drug-likeness (QED) is 0.429. The number of nitrogens with zero attached hydrogens (tertiary/aromatic N) is 1. The van der Waals surface area contributed by atoms with Gasteiger partial charge in [0.1, 0.15) is 10.6 Å². The predicted molar refractivity (Wildman–Crippen MR) is 109 cm³/mol. The number of fused-ring (bicyclic) bond motifs is 1. The number of thiophene rings is 1. The number of hydrogen-bond donors (Lipinski definition) is 1. The molecule has 0 spiro atoms. The standard InChI is InChI=1S/C20H22N2O6S/c1-27-16-11-14(22(25)26)8-9-15(16)21-19(23)12-28-20(24)18-10-13-6-4-2-3-5-7-17(13)29-18/h8-11H,2-7,12H2,1H3,(H,21,23). The van der Waals surface area contributed by atoms with Crippen LogP contribution in [0.2, 0.25) is 0 Å². The van der Waals surface area contributed by atoms with E-state index in [1.807, 2.05) is 6.07 Å². The fourth-order valence-corrected chi connectivity index (χ4v) is 4.38. The summed E-state index contributed by atoms with van der Waals surface area (Å²) in [6, 6.07) is 5.72. The van der Waals surface area contributed by atoms with Crippen molar-refractivity contribution < 1.29 is 24.0 Å². The van der Waals surface area contributed by atoms with E-state index >= 15 is 0 Å². The molecular weight excluding hydrogens is 396 g/mol. The van der Waals surface area contributed by atoms with Crippen LogP contribution in [0, 0.1) is 10.1 Å². The number of rotatable bonds is 6. The number of methoxy groups -OCH3 is 1. The first kappa shape index (κ1) is 20.8. The predicted octanol–water partition coefficient (Wildman–Crippen LogP) is 4.12. The zero-order valence-electron chi connectivity index (χ0n) is 16.1. The van der Waals surface area contributed by atoms with Gasteiger partial charge < -0.3 is 14.8 Å². The number of esters is 1. The van der Waals surface area contributed by atoms with Crippen LogP contribution >= 0.6 is 11.3 Å². The highest BCUT2D eigenvalue weighted by molar-refractivity contribution is 7.14. The maximum absolute atomic E-state index is 12.3. The van der Waals surface area contributed by atoms with Gasteiger partial charge >= 0.3 is 5.97 Å². The summed E-state index contributed by atoms with van der Waals surface area (Å²) < 4.78 is 10.2. The van der Waals surface area contributed by atoms with Crippen molar-refractivity contribution in [3.63, 3.8) is 0 Å². The van der Waals surface area contributed by atoms with E-state index in [2.05, 4.69) is 5.32 Å². The molecule has 3 rings (SSSR count). The summed E-state index contributed by atoms with van der Waals surface area (Å²) in [6.07, 6.45) is 6.62. The number of aryl methyl sites for hydroxylation is 2. The van der Waals surface area contributed by atoms with Crippen LogP contribution in [0.1, 0.15) is 45.8 Å². The van der Waals surface area contributed by atoms with Crippen molar-refractivity contribution in [3.05, 3.63) is 49.7 Å². The van der Waals surface area contributed by atoms with Gasteiger partial charge in [-0.15, -0.1) is 11.3 Å². The summed E-state index contributed by atoms with van der Waals surface area (Å²) >= 11 is 1.44. The van der Waals surface area contributed by atoms with Gasteiger partial charge in [-0.2, -0.15) is 0 Å². The van der Waals surface area contributed by atoms with Crippen molar-refractivity contribution >= 4 is 34.6 Å². The lowest BCUT2D eigenvalue weighted by Gasteiger charge is -2.10. The summed E-state index contributed by atoms with van der Waals surface area (Å²) in [4.78, 5) is 36.5. The molecule has 1 aliphatic rings. The Morgan fingerprint density at radius 1 is 1.17 bits per heavy atom. The third-order valence-corrected chi connectivity index (χ3v) is 5.92. The number of carbonyl (C=O) groups excluding carboxylic acids is 2. The molecule has 0 saturated heterocycles. The summed E-state index contributed by atoms with van der Waals surface area (Å²) in [5, 5.41) is 13.4. The van der Waals surface area contributed by atoms with Crippen molar-refractivity contribution in [1.82, 2.24) is 0 Å². The highest BCUT2D eigenvalue weighted by atomic mass is 32.1. The van der Waals surface area contributed by atoms with Crippen molar-refractivity contribution in [1.29, 1.82) is 0 Å². The number of nitro benzene ring substituents is 1. The average molecular weight is 418 g/mol. The van der Waals surface area contributed by atoms with Crippen LogP contribution < -0.4 is 10.1 Å². The van der Waals surface area contributed by atoms with E-state index in [9.17, 15) is 19.7 Å². The number of nitro groups is 1. The zero-order chi connectivity index (χ0) is 20.8. The van der Waals surface area contributed by atoms with Gasteiger partial charge in [-0.1, -0.05) is 12.8 Å². The maximum Gasteiger partial charge on any atom is 0.348 e. The lowest BCUT2D eigenvalue weighted by molar-refractivity contribution is -0.384. The molecule has 2 aromatic rings. The molecular formula is C20H22N2O6S. The average Bonchev–Trinajstić information content (AvgIpc) is 3.08. The molecule has 8 nitrogen and oxygen atoms in total. The van der Waals surface area contributed by atoms with Crippen LogP contribution in [0.4, 0.5) is 11.4 Å². The molecule has 0 fully saturated rings. The maximum atomic E-state index is 12.3. The van der Waals surface area contributed by atoms with Gasteiger partial charge in [0.2, 0.25) is 0 Å². The molecule has 154 valence electrons. The first-order valence-electron chi connectivity index (χ1n) is 9.39. The van der Waals surface area contributed by atoms with Crippen LogP contribution in [0.25, 0.3) is 0 Å². The SMILES string of the molecule is COc1cc([N+](=O)[O-])ccc1NC(=O)COC(=O)c1cc2c(s1)CCCCCC2. The number of non-ortho nitro benzene ring substituents is 1. The summed E-state index contributed by atoms with van der Waals surface area (Å²) in [5.41, 5.74) is 1.32. The topological polar surface area (TPSA) is 108 Å². The smallest absolute Gasteiger partial charge is 0.348 e. The molecule has 0 bridgehead atoms. The Bertz CT molecular complexity index is 898. The molecule has 1 aromatic heterocycles. The highest BCUT2D eigenvalue weighted by Gasteiger charge is 2.19. The van der Waals surface area contributed by atoms with Gasteiger partial charge in [0, 0.05) is 10.9 Å². The van der Waals surface area contributed by atoms with Crippen LogP contribution in [0.3, 0.4) is 0 Å². The van der Waals surface area contributed by atoms with E-state index in [0.717, 1.165) is 25.7 Å². The van der Waals surface area contributed by atoms with Gasteiger partial charge in [-0.3, -0.25) is 14.9 Å². The normalized spacial score (nSPS) is 13.6. The molecule has 0 atom stereocenters. The van der Waals surface area contributed by atoms with Crippen LogP contribution in [-0.4, -0.2) is 30.5 Å². The van der Waals surface area contributed by atoms with Gasteiger partial charge in [-0.05, 0) is 43.4 Å². The van der Waals surface area contributed by atoms with E-state index in [-0.39, 0.29) is 17.1 Å². The summed E-state index contributed by atoms with van der Waals surface area (Å²) in [6.45, 7) is -0.457. The van der Waals surface area contributed by atoms with E-state index in [1.165, 1.54) is 59.9 Å². The first-order valence-corrected chi connectivity index (χ1v) is 10.2. The third kappa shape index (κ3) is 5.32. The van der Waals surface area contributed by atoms with E-state index < -0.39 is 23.4 Å².